The number of anilines is 2. The maximum atomic E-state index is 13.6. The van der Waals surface area contributed by atoms with Gasteiger partial charge in [0.2, 0.25) is 21.8 Å². The summed E-state index contributed by atoms with van der Waals surface area (Å²) in [5.41, 5.74) is 14.4. The second-order valence-electron chi connectivity index (χ2n) is 8.76. The zero-order valence-electron chi connectivity index (χ0n) is 20.4. The molecular formula is C26H28N6O4S2. The van der Waals surface area contributed by atoms with Gasteiger partial charge in [0.15, 0.2) is 0 Å². The lowest BCUT2D eigenvalue weighted by Gasteiger charge is -2.25. The molecular weight excluding hydrogens is 524 g/mol. The van der Waals surface area contributed by atoms with E-state index >= 15 is 0 Å². The van der Waals surface area contributed by atoms with Crippen LogP contribution in [0.4, 0.5) is 11.4 Å². The highest BCUT2D eigenvalue weighted by Gasteiger charge is 2.34. The van der Waals surface area contributed by atoms with E-state index in [4.69, 9.17) is 16.9 Å². The van der Waals surface area contributed by atoms with Gasteiger partial charge in [-0.3, -0.25) is 15.0 Å². The van der Waals surface area contributed by atoms with Crippen LogP contribution in [0.5, 0.6) is 0 Å². The summed E-state index contributed by atoms with van der Waals surface area (Å²) in [5, 5.41) is 10.3. The largest absolute Gasteiger partial charge is 0.399 e. The van der Waals surface area contributed by atoms with E-state index < -0.39 is 27.9 Å². The number of hydrogen-bond acceptors (Lipinski definition) is 7. The van der Waals surface area contributed by atoms with E-state index in [1.165, 1.54) is 16.7 Å². The van der Waals surface area contributed by atoms with Gasteiger partial charge in [0.05, 0.1) is 11.4 Å². The topological polar surface area (TPSA) is 171 Å². The van der Waals surface area contributed by atoms with E-state index in [0.717, 1.165) is 5.56 Å². The Hall–Kier alpha value is -3.87. The Bertz CT molecular complexity index is 1450. The molecule has 0 radical (unpaired) electrons. The second kappa shape index (κ2) is 11.7. The number of hydrogen-bond donors (Lipinski definition) is 5. The van der Waals surface area contributed by atoms with Gasteiger partial charge in [-0.15, -0.1) is 11.8 Å². The molecule has 1 atom stereocenters. The third-order valence-electron chi connectivity index (χ3n) is 5.82. The standard InChI is InChI=1S/C26H28N6O4S2/c27-20-10-11-22-23(12-20)37-15-21(31-38(35,36)16-18-4-2-1-3-5-18)26(34)32(22)14-24(33)30-13-17-6-8-19(9-7-17)25(28)29/h1-12,21,31H,13-16,27H2,(H3,28,29)(H,30,33)/t21-/m1/s1. The Labute approximate surface area is 225 Å². The molecule has 0 aliphatic carbocycles. The van der Waals surface area contributed by atoms with Crippen molar-refractivity contribution < 1.29 is 18.0 Å². The van der Waals surface area contributed by atoms with Crippen LogP contribution in [0.3, 0.4) is 0 Å². The molecule has 4 rings (SSSR count). The summed E-state index contributed by atoms with van der Waals surface area (Å²) in [6, 6.07) is 19.5. The van der Waals surface area contributed by atoms with Crippen molar-refractivity contribution in [3.05, 3.63) is 89.5 Å². The number of fused-ring (bicyclic) bond motifs is 1. The summed E-state index contributed by atoms with van der Waals surface area (Å²) in [6.07, 6.45) is 0. The van der Waals surface area contributed by atoms with E-state index in [0.29, 0.717) is 27.4 Å². The first-order valence-corrected chi connectivity index (χ1v) is 14.3. The lowest BCUT2D eigenvalue weighted by molar-refractivity contribution is -0.124. The summed E-state index contributed by atoms with van der Waals surface area (Å²) >= 11 is 1.30. The highest BCUT2D eigenvalue weighted by atomic mass is 32.2. The average Bonchev–Trinajstić information content (AvgIpc) is 3.00. The van der Waals surface area contributed by atoms with Crippen molar-refractivity contribution in [2.75, 3.05) is 22.9 Å². The lowest BCUT2D eigenvalue weighted by Crippen LogP contribution is -2.51. The summed E-state index contributed by atoms with van der Waals surface area (Å²) in [5.74, 6) is -1.13. The molecule has 3 aromatic rings. The number of benzene rings is 3. The number of carbonyl (C=O) groups excluding carboxylic acids is 2. The molecule has 0 unspecified atom stereocenters. The predicted octanol–water partition coefficient (Wildman–Crippen LogP) is 1.80. The van der Waals surface area contributed by atoms with Gasteiger partial charge in [0.1, 0.15) is 18.4 Å². The molecule has 1 heterocycles. The van der Waals surface area contributed by atoms with Crippen LogP contribution >= 0.6 is 11.8 Å². The van der Waals surface area contributed by atoms with Crippen molar-refractivity contribution in [2.45, 2.75) is 23.2 Å². The van der Waals surface area contributed by atoms with Crippen LogP contribution in [0.1, 0.15) is 16.7 Å². The fourth-order valence-corrected chi connectivity index (χ4v) is 6.48. The molecule has 0 fully saturated rings. The number of nitrogens with two attached hydrogens (primary N) is 2. The van der Waals surface area contributed by atoms with Crippen LogP contribution in [-0.2, 0) is 31.9 Å². The molecule has 0 bridgehead atoms. The molecule has 1 aliphatic heterocycles. The molecule has 10 nitrogen and oxygen atoms in total. The minimum atomic E-state index is -3.85. The van der Waals surface area contributed by atoms with Gasteiger partial charge < -0.3 is 21.7 Å². The molecule has 1 aliphatic rings. The van der Waals surface area contributed by atoms with Gasteiger partial charge in [0, 0.05) is 28.4 Å². The maximum absolute atomic E-state index is 13.6. The van der Waals surface area contributed by atoms with E-state index in [2.05, 4.69) is 10.0 Å². The van der Waals surface area contributed by atoms with Crippen molar-refractivity contribution >= 4 is 50.8 Å². The third kappa shape index (κ3) is 6.91. The van der Waals surface area contributed by atoms with E-state index in [-0.39, 0.29) is 30.4 Å². The van der Waals surface area contributed by atoms with Crippen LogP contribution in [-0.4, -0.2) is 44.4 Å². The van der Waals surface area contributed by atoms with Gasteiger partial charge in [0.25, 0.3) is 0 Å². The number of amidine groups is 1. The van der Waals surface area contributed by atoms with Crippen LogP contribution in [0.25, 0.3) is 0 Å². The number of sulfonamides is 1. The number of nitrogens with zero attached hydrogens (tertiary/aromatic N) is 1. The normalized spacial score (nSPS) is 15.4. The number of rotatable bonds is 9. The van der Waals surface area contributed by atoms with Crippen molar-refractivity contribution in [1.29, 1.82) is 5.41 Å². The smallest absolute Gasteiger partial charge is 0.246 e. The molecule has 7 N–H and O–H groups in total. The Balaban J connectivity index is 1.50. The molecule has 12 heteroatoms. The molecule has 38 heavy (non-hydrogen) atoms. The predicted molar refractivity (Wildman–Crippen MR) is 149 cm³/mol. The van der Waals surface area contributed by atoms with Crippen LogP contribution in [0.15, 0.2) is 77.7 Å². The van der Waals surface area contributed by atoms with Crippen LogP contribution in [0.2, 0.25) is 0 Å². The number of thioether (sulfide) groups is 1. The minimum Gasteiger partial charge on any atom is -0.399 e. The first-order chi connectivity index (χ1) is 18.1. The zero-order valence-corrected chi connectivity index (χ0v) is 22.0. The Morgan fingerprint density at radius 2 is 1.76 bits per heavy atom. The highest BCUT2D eigenvalue weighted by Crippen LogP contribution is 2.36. The molecule has 198 valence electrons. The van der Waals surface area contributed by atoms with E-state index in [9.17, 15) is 18.0 Å². The first-order valence-electron chi connectivity index (χ1n) is 11.7. The maximum Gasteiger partial charge on any atom is 0.246 e. The number of nitrogen functional groups attached to an aromatic ring is 2. The van der Waals surface area contributed by atoms with Crippen molar-refractivity contribution in [1.82, 2.24) is 10.0 Å². The summed E-state index contributed by atoms with van der Waals surface area (Å²) in [6.45, 7) is -0.103. The first kappa shape index (κ1) is 27.2. The molecule has 0 saturated carbocycles. The van der Waals surface area contributed by atoms with Crippen molar-refractivity contribution in [3.63, 3.8) is 0 Å². The van der Waals surface area contributed by atoms with E-state index in [1.807, 2.05) is 0 Å². The summed E-state index contributed by atoms with van der Waals surface area (Å²) in [7, 11) is -3.85. The van der Waals surface area contributed by atoms with Gasteiger partial charge in [-0.05, 0) is 29.3 Å². The molecule has 2 amide bonds. The third-order valence-corrected chi connectivity index (χ3v) is 8.32. The average molecular weight is 553 g/mol. The van der Waals surface area contributed by atoms with Gasteiger partial charge >= 0.3 is 0 Å². The van der Waals surface area contributed by atoms with Crippen molar-refractivity contribution in [2.24, 2.45) is 5.73 Å². The number of amides is 2. The zero-order chi connectivity index (χ0) is 27.3. The second-order valence-corrected chi connectivity index (χ2v) is 11.6. The van der Waals surface area contributed by atoms with Gasteiger partial charge in [-0.25, -0.2) is 13.1 Å². The Morgan fingerprint density at radius 1 is 1.05 bits per heavy atom. The molecule has 0 saturated heterocycles. The Morgan fingerprint density at radius 3 is 2.45 bits per heavy atom. The minimum absolute atomic E-state index is 0.0496. The van der Waals surface area contributed by atoms with Crippen LogP contribution in [0, 0.1) is 5.41 Å². The lowest BCUT2D eigenvalue weighted by atomic mass is 10.1. The molecule has 0 aromatic heterocycles. The fraction of sp³-hybridized carbons (Fsp3) is 0.192. The van der Waals surface area contributed by atoms with Gasteiger partial charge in [-0.1, -0.05) is 54.6 Å². The Kier molecular flexibility index (Phi) is 8.35. The highest BCUT2D eigenvalue weighted by molar-refractivity contribution is 7.99. The fourth-order valence-electron chi connectivity index (χ4n) is 3.92. The molecule has 0 spiro atoms. The molecule has 3 aromatic carbocycles. The summed E-state index contributed by atoms with van der Waals surface area (Å²) < 4.78 is 28.3. The quantitative estimate of drug-likeness (QED) is 0.153. The SMILES string of the molecule is N=C(N)c1ccc(CNC(=O)CN2C(=O)[C@H](NS(=O)(=O)Cc3ccccc3)CSc3cc(N)ccc32)cc1. The van der Waals surface area contributed by atoms with Gasteiger partial charge in [-0.2, -0.15) is 0 Å². The van der Waals surface area contributed by atoms with E-state index in [1.54, 1.807) is 72.8 Å². The van der Waals surface area contributed by atoms with Crippen LogP contribution < -0.4 is 26.4 Å². The number of nitrogens with one attached hydrogen (secondary N) is 3. The monoisotopic (exact) mass is 552 g/mol. The summed E-state index contributed by atoms with van der Waals surface area (Å²) in [4.78, 5) is 28.4. The van der Waals surface area contributed by atoms with Crippen molar-refractivity contribution in [3.8, 4) is 0 Å². The number of carbonyl (C=O) groups is 2.